The molecule has 6 rings (SSSR count). The fourth-order valence-electron chi connectivity index (χ4n) is 7.26. The van der Waals surface area contributed by atoms with E-state index >= 15 is 0 Å². The SMILES string of the molecule is CCC(c1ccc(C(F)(F)F)cc1CN(Cc1cc(C(F)(F)F)cc(C(F)(F)F)c1)c1nnn(C)n1)N1C[C@@H]2[C@H]1[C@@]2(C#N)N1CCOCC1. The van der Waals surface area contributed by atoms with Crippen molar-refractivity contribution < 1.29 is 44.3 Å². The smallest absolute Gasteiger partial charge is 0.379 e. The Labute approximate surface area is 274 Å². The van der Waals surface area contributed by atoms with Crippen molar-refractivity contribution >= 4 is 5.95 Å². The minimum atomic E-state index is -5.11. The van der Waals surface area contributed by atoms with Gasteiger partial charge < -0.3 is 9.64 Å². The predicted octanol–water partition coefficient (Wildman–Crippen LogP) is 5.83. The van der Waals surface area contributed by atoms with Crippen molar-refractivity contribution in [2.45, 2.75) is 62.6 Å². The van der Waals surface area contributed by atoms with Gasteiger partial charge in [-0.3, -0.25) is 9.80 Å². The van der Waals surface area contributed by atoms with Crippen molar-refractivity contribution in [3.8, 4) is 6.07 Å². The maximum Gasteiger partial charge on any atom is 0.416 e. The number of aromatic nitrogens is 4. The summed E-state index contributed by atoms with van der Waals surface area (Å²) in [6.07, 6.45) is -14.5. The van der Waals surface area contributed by atoms with Crippen LogP contribution in [0.2, 0.25) is 0 Å². The van der Waals surface area contributed by atoms with Gasteiger partial charge in [0.25, 0.3) is 5.95 Å². The molecule has 3 aliphatic rings. The van der Waals surface area contributed by atoms with E-state index in [1.165, 1.54) is 18.0 Å². The summed E-state index contributed by atoms with van der Waals surface area (Å²) in [5.41, 5.74) is -4.62. The highest BCUT2D eigenvalue weighted by molar-refractivity contribution is 5.45. The maximum atomic E-state index is 14.0. The zero-order valence-corrected chi connectivity index (χ0v) is 26.2. The summed E-state index contributed by atoms with van der Waals surface area (Å²) < 4.78 is 130. The van der Waals surface area contributed by atoms with Crippen molar-refractivity contribution in [3.05, 3.63) is 69.8 Å². The molecule has 264 valence electrons. The second-order valence-electron chi connectivity index (χ2n) is 12.5. The van der Waals surface area contributed by atoms with E-state index in [9.17, 15) is 44.8 Å². The van der Waals surface area contributed by atoms with Crippen molar-refractivity contribution in [2.24, 2.45) is 13.0 Å². The lowest BCUT2D eigenvalue weighted by atomic mass is 9.92. The molecule has 0 N–H and O–H groups in total. The number of fused-ring (bicyclic) bond motifs is 1. The van der Waals surface area contributed by atoms with Gasteiger partial charge in [0.05, 0.1) is 43.0 Å². The molecule has 0 amide bonds. The van der Waals surface area contributed by atoms with Gasteiger partial charge in [0, 0.05) is 50.7 Å². The van der Waals surface area contributed by atoms with E-state index in [0.29, 0.717) is 57.0 Å². The number of anilines is 1. The van der Waals surface area contributed by atoms with Crippen LogP contribution in [0.25, 0.3) is 0 Å². The molecule has 49 heavy (non-hydrogen) atoms. The number of tetrazole rings is 1. The fraction of sp³-hybridized carbons (Fsp3) is 0.548. The number of alkyl halides is 9. The van der Waals surface area contributed by atoms with Crippen molar-refractivity contribution in [2.75, 3.05) is 37.7 Å². The molecule has 0 radical (unpaired) electrons. The Balaban J connectivity index is 1.38. The number of hydrogen-bond acceptors (Lipinski definition) is 8. The van der Waals surface area contributed by atoms with Gasteiger partial charge in [0.15, 0.2) is 0 Å². The van der Waals surface area contributed by atoms with E-state index in [0.717, 1.165) is 16.9 Å². The topological polar surface area (TPSA) is 86.3 Å². The molecule has 18 heteroatoms. The molecular formula is C31H31F9N8O. The Morgan fingerprint density at radius 1 is 0.939 bits per heavy atom. The minimum Gasteiger partial charge on any atom is -0.379 e. The lowest BCUT2D eigenvalue weighted by Gasteiger charge is -2.39. The molecule has 2 aromatic carbocycles. The summed E-state index contributed by atoms with van der Waals surface area (Å²) in [5.74, 6) is -0.168. The van der Waals surface area contributed by atoms with E-state index in [1.807, 2.05) is 6.92 Å². The van der Waals surface area contributed by atoms with Crippen LogP contribution in [-0.4, -0.2) is 74.4 Å². The summed E-state index contributed by atoms with van der Waals surface area (Å²) in [4.78, 5) is 6.39. The second kappa shape index (κ2) is 12.4. The van der Waals surface area contributed by atoms with Gasteiger partial charge in [-0.05, 0) is 58.7 Å². The lowest BCUT2D eigenvalue weighted by Crippen LogP contribution is -2.48. The number of nitriles is 1. The number of rotatable bonds is 9. The lowest BCUT2D eigenvalue weighted by molar-refractivity contribution is -0.143. The first-order valence-electron chi connectivity index (χ1n) is 15.4. The zero-order valence-electron chi connectivity index (χ0n) is 26.2. The third kappa shape index (κ3) is 6.55. The van der Waals surface area contributed by atoms with E-state index < -0.39 is 65.5 Å². The number of benzene rings is 2. The highest BCUT2D eigenvalue weighted by Crippen LogP contribution is 2.62. The Morgan fingerprint density at radius 3 is 2.10 bits per heavy atom. The third-order valence-corrected chi connectivity index (χ3v) is 9.55. The van der Waals surface area contributed by atoms with Gasteiger partial charge in [0.1, 0.15) is 5.54 Å². The highest BCUT2D eigenvalue weighted by atomic mass is 19.4. The first kappa shape index (κ1) is 34.9. The van der Waals surface area contributed by atoms with Crippen LogP contribution in [-0.2, 0) is 43.4 Å². The molecule has 3 heterocycles. The van der Waals surface area contributed by atoms with E-state index in [2.05, 4.69) is 31.3 Å². The monoisotopic (exact) mass is 702 g/mol. The first-order valence-corrected chi connectivity index (χ1v) is 15.4. The largest absolute Gasteiger partial charge is 0.416 e. The molecule has 3 fully saturated rings. The Kier molecular flexibility index (Phi) is 8.85. The maximum absolute atomic E-state index is 14.0. The first-order chi connectivity index (χ1) is 23.0. The molecular weight excluding hydrogens is 671 g/mol. The van der Waals surface area contributed by atoms with Crippen molar-refractivity contribution in [3.63, 3.8) is 0 Å². The van der Waals surface area contributed by atoms with Crippen LogP contribution in [0.3, 0.4) is 0 Å². The number of ether oxygens (including phenoxy) is 1. The standard InChI is InChI=1S/C31H31F9N8O/c1-3-25(48-16-24-26(48)28(24,17-41)47-6-8-49-9-7-47)23-5-4-20(29(32,33)34)12-19(23)15-46(27-42-44-45(2)43-27)14-18-10-21(30(35,36)37)13-22(11-18)31(38,39)40/h4-5,10-13,24-26H,3,6-9,14-16H2,1-2H3/t24-,25?,26+,28+/m1/s1. The van der Waals surface area contributed by atoms with Crippen LogP contribution < -0.4 is 4.90 Å². The van der Waals surface area contributed by atoms with Crippen LogP contribution in [0, 0.1) is 17.2 Å². The molecule has 1 saturated carbocycles. The van der Waals surface area contributed by atoms with Crippen molar-refractivity contribution in [1.29, 1.82) is 5.26 Å². The average Bonchev–Trinajstić information content (AvgIpc) is 3.27. The number of morpholine rings is 1. The van der Waals surface area contributed by atoms with Crippen LogP contribution >= 0.6 is 0 Å². The highest BCUT2D eigenvalue weighted by Gasteiger charge is 2.78. The minimum absolute atomic E-state index is 0.00155. The molecule has 2 aliphatic heterocycles. The molecule has 1 aliphatic carbocycles. The van der Waals surface area contributed by atoms with Gasteiger partial charge >= 0.3 is 18.5 Å². The summed E-state index contributed by atoms with van der Waals surface area (Å²) >= 11 is 0. The van der Waals surface area contributed by atoms with Gasteiger partial charge in [-0.1, -0.05) is 18.1 Å². The van der Waals surface area contributed by atoms with E-state index in [1.54, 1.807) is 0 Å². The normalized spacial score (nSPS) is 23.8. The molecule has 9 nitrogen and oxygen atoms in total. The van der Waals surface area contributed by atoms with Gasteiger partial charge in [0.2, 0.25) is 0 Å². The summed E-state index contributed by atoms with van der Waals surface area (Å²) in [7, 11) is 1.38. The number of nitrogens with zero attached hydrogens (tertiary/aromatic N) is 8. The Bertz CT molecular complexity index is 1690. The van der Waals surface area contributed by atoms with Crippen LogP contribution in [0.4, 0.5) is 45.5 Å². The fourth-order valence-corrected chi connectivity index (χ4v) is 7.26. The molecule has 0 spiro atoms. The van der Waals surface area contributed by atoms with Crippen LogP contribution in [0.15, 0.2) is 36.4 Å². The van der Waals surface area contributed by atoms with Gasteiger partial charge in [-0.15, -0.1) is 5.10 Å². The van der Waals surface area contributed by atoms with Crippen molar-refractivity contribution in [1.82, 2.24) is 30.0 Å². The van der Waals surface area contributed by atoms with Crippen LogP contribution in [0.1, 0.15) is 52.8 Å². The molecule has 2 saturated heterocycles. The number of halogens is 9. The number of aryl methyl sites for hydroxylation is 1. The van der Waals surface area contributed by atoms with Gasteiger partial charge in [-0.25, -0.2) is 0 Å². The number of hydrogen-bond donors (Lipinski definition) is 0. The van der Waals surface area contributed by atoms with Gasteiger partial charge in [-0.2, -0.15) is 49.6 Å². The quantitative estimate of drug-likeness (QED) is 0.258. The molecule has 0 bridgehead atoms. The predicted molar refractivity (Wildman–Crippen MR) is 154 cm³/mol. The molecule has 3 aromatic rings. The molecule has 1 aromatic heterocycles. The summed E-state index contributed by atoms with van der Waals surface area (Å²) in [6, 6.07) is 6.21. The molecule has 1 unspecified atom stereocenters. The Morgan fingerprint density at radius 2 is 1.57 bits per heavy atom. The summed E-state index contributed by atoms with van der Waals surface area (Å²) in [6.45, 7) is 3.45. The Hall–Kier alpha value is -3.95. The average molecular weight is 703 g/mol. The van der Waals surface area contributed by atoms with E-state index in [-0.39, 0.29) is 29.5 Å². The van der Waals surface area contributed by atoms with Crippen LogP contribution in [0.5, 0.6) is 0 Å². The third-order valence-electron chi connectivity index (χ3n) is 9.55. The second-order valence-corrected chi connectivity index (χ2v) is 12.5. The number of likely N-dealkylation sites (tertiary alicyclic amines) is 1. The molecule has 4 atom stereocenters. The summed E-state index contributed by atoms with van der Waals surface area (Å²) in [5, 5.41) is 22.0. The zero-order chi connectivity index (χ0) is 35.5. The van der Waals surface area contributed by atoms with E-state index in [4.69, 9.17) is 4.74 Å².